The van der Waals surface area contributed by atoms with Crippen molar-refractivity contribution in [3.05, 3.63) is 56.3 Å². The third-order valence-electron chi connectivity index (χ3n) is 4.24. The molecule has 2 aromatic heterocycles. The Hall–Kier alpha value is -1.51. The summed E-state index contributed by atoms with van der Waals surface area (Å²) in [4.78, 5) is 11.4. The Labute approximate surface area is 172 Å². The van der Waals surface area contributed by atoms with Gasteiger partial charge in [-0.2, -0.15) is 0 Å². The molecule has 0 atom stereocenters. The summed E-state index contributed by atoms with van der Waals surface area (Å²) in [5.41, 5.74) is 4.33. The first-order valence-electron chi connectivity index (χ1n) is 8.08. The van der Waals surface area contributed by atoms with Crippen molar-refractivity contribution in [2.75, 3.05) is 17.9 Å². The molecule has 3 aromatic rings. The van der Waals surface area contributed by atoms with Crippen LogP contribution in [0.3, 0.4) is 0 Å². The zero-order valence-electron chi connectivity index (χ0n) is 14.2. The number of fused-ring (bicyclic) bond motifs is 1. The van der Waals surface area contributed by atoms with Crippen molar-refractivity contribution in [1.29, 1.82) is 0 Å². The number of rotatable bonds is 4. The van der Waals surface area contributed by atoms with Crippen molar-refractivity contribution < 1.29 is 4.74 Å². The van der Waals surface area contributed by atoms with E-state index < -0.39 is 0 Å². The largest absolute Gasteiger partial charge is 0.497 e. The van der Waals surface area contributed by atoms with Crippen LogP contribution in [0.5, 0.6) is 5.75 Å². The summed E-state index contributed by atoms with van der Waals surface area (Å²) in [5, 5.41) is 2.19. The van der Waals surface area contributed by atoms with E-state index in [9.17, 15) is 0 Å². The molecule has 0 radical (unpaired) electrons. The normalized spacial score (nSPS) is 14.2. The number of ether oxygens (including phenoxy) is 1. The molecule has 4 rings (SSSR count). The van der Waals surface area contributed by atoms with Gasteiger partial charge in [-0.3, -0.25) is 4.40 Å². The molecule has 5 nitrogen and oxygen atoms in total. The van der Waals surface area contributed by atoms with Crippen molar-refractivity contribution in [2.24, 2.45) is 0 Å². The van der Waals surface area contributed by atoms with Gasteiger partial charge in [0.1, 0.15) is 5.75 Å². The number of hydrogen-bond donors (Lipinski definition) is 0. The molecule has 0 saturated heterocycles. The topological polar surface area (TPSA) is 42.7 Å². The minimum atomic E-state index is 0.727. The Balaban J connectivity index is 1.87. The Kier molecular flexibility index (Phi) is 4.98. The second kappa shape index (κ2) is 7.25. The van der Waals surface area contributed by atoms with Crippen molar-refractivity contribution in [2.45, 2.75) is 13.3 Å². The number of anilines is 1. The predicted octanol–water partition coefficient (Wildman–Crippen LogP) is 5.33. The van der Waals surface area contributed by atoms with Gasteiger partial charge >= 0.3 is 0 Å². The standard InChI is InChI=1S/C18H16Br2N4OS/c1-3-14-17(23-6-4-5-21-18(23)22-14)15-9-26-10-24(15)16-12(19)7-11(25-2)8-13(16)20/h4-9H,3,10H2,1-2H3. The predicted molar refractivity (Wildman–Crippen MR) is 114 cm³/mol. The zero-order valence-corrected chi connectivity index (χ0v) is 18.2. The van der Waals surface area contributed by atoms with Crippen LogP contribution >= 0.6 is 43.6 Å². The molecule has 0 amide bonds. The monoisotopic (exact) mass is 494 g/mol. The summed E-state index contributed by atoms with van der Waals surface area (Å²) in [6.45, 7) is 2.12. The summed E-state index contributed by atoms with van der Waals surface area (Å²) in [7, 11) is 1.67. The molecule has 0 aliphatic carbocycles. The molecule has 1 aliphatic rings. The van der Waals surface area contributed by atoms with Crippen LogP contribution in [0, 0.1) is 0 Å². The highest BCUT2D eigenvalue weighted by atomic mass is 79.9. The van der Waals surface area contributed by atoms with Gasteiger partial charge in [0.15, 0.2) is 0 Å². The Morgan fingerprint density at radius 1 is 1.27 bits per heavy atom. The number of thioether (sulfide) groups is 1. The van der Waals surface area contributed by atoms with Gasteiger partial charge in [0.2, 0.25) is 5.78 Å². The van der Waals surface area contributed by atoms with Crippen molar-refractivity contribution in [1.82, 2.24) is 14.4 Å². The molecule has 1 aliphatic heterocycles. The number of nitrogens with zero attached hydrogens (tertiary/aromatic N) is 4. The number of imidazole rings is 1. The van der Waals surface area contributed by atoms with E-state index in [0.29, 0.717) is 0 Å². The van der Waals surface area contributed by atoms with Gasteiger partial charge in [-0.05, 0) is 61.9 Å². The maximum absolute atomic E-state index is 5.37. The summed E-state index contributed by atoms with van der Waals surface area (Å²) >= 11 is 9.17. The lowest BCUT2D eigenvalue weighted by atomic mass is 10.2. The number of aryl methyl sites for hydroxylation is 1. The van der Waals surface area contributed by atoms with Gasteiger partial charge in [-0.25, -0.2) is 9.97 Å². The minimum Gasteiger partial charge on any atom is -0.497 e. The molecule has 0 saturated carbocycles. The fourth-order valence-electron chi connectivity index (χ4n) is 3.06. The number of methoxy groups -OCH3 is 1. The lowest BCUT2D eigenvalue weighted by Crippen LogP contribution is -2.19. The number of benzene rings is 1. The van der Waals surface area contributed by atoms with E-state index in [-0.39, 0.29) is 0 Å². The smallest absolute Gasteiger partial charge is 0.234 e. The average molecular weight is 496 g/mol. The summed E-state index contributed by atoms with van der Waals surface area (Å²) in [6, 6.07) is 5.90. The first kappa shape index (κ1) is 17.9. The Morgan fingerprint density at radius 3 is 2.73 bits per heavy atom. The highest BCUT2D eigenvalue weighted by Crippen LogP contribution is 2.45. The maximum atomic E-state index is 5.37. The molecule has 0 fully saturated rings. The first-order chi connectivity index (χ1) is 12.6. The molecular weight excluding hydrogens is 480 g/mol. The van der Waals surface area contributed by atoms with Crippen LogP contribution in [0.1, 0.15) is 18.3 Å². The molecule has 0 unspecified atom stereocenters. The molecule has 26 heavy (non-hydrogen) atoms. The van der Waals surface area contributed by atoms with E-state index >= 15 is 0 Å². The third-order valence-corrected chi connectivity index (χ3v) is 6.24. The van der Waals surface area contributed by atoms with E-state index in [1.807, 2.05) is 24.4 Å². The van der Waals surface area contributed by atoms with E-state index in [1.165, 1.54) is 0 Å². The summed E-state index contributed by atoms with van der Waals surface area (Å²) in [6.07, 6.45) is 4.64. The van der Waals surface area contributed by atoms with Crippen molar-refractivity contribution in [3.63, 3.8) is 0 Å². The summed E-state index contributed by atoms with van der Waals surface area (Å²) < 4.78 is 9.38. The zero-order chi connectivity index (χ0) is 18.3. The molecule has 0 spiro atoms. The van der Waals surface area contributed by atoms with Crippen LogP contribution < -0.4 is 9.64 Å². The Bertz CT molecular complexity index is 995. The third kappa shape index (κ3) is 2.93. The number of hydrogen-bond acceptors (Lipinski definition) is 5. The van der Waals surface area contributed by atoms with Crippen LogP contribution in [0.2, 0.25) is 0 Å². The molecule has 3 heterocycles. The minimum absolute atomic E-state index is 0.727. The number of aromatic nitrogens is 3. The molecular formula is C18H16Br2N4OS. The van der Waals surface area contributed by atoms with Crippen molar-refractivity contribution in [3.8, 4) is 5.75 Å². The molecule has 1 aromatic carbocycles. The highest BCUT2D eigenvalue weighted by Gasteiger charge is 2.28. The van der Waals surface area contributed by atoms with Crippen LogP contribution in [0.15, 0.2) is 44.9 Å². The highest BCUT2D eigenvalue weighted by molar-refractivity contribution is 9.11. The van der Waals surface area contributed by atoms with Gasteiger partial charge in [-0.1, -0.05) is 6.92 Å². The van der Waals surface area contributed by atoms with Crippen LogP contribution in [-0.4, -0.2) is 27.4 Å². The second-order valence-corrected chi connectivity index (χ2v) is 8.25. The fraction of sp³-hybridized carbons (Fsp3) is 0.222. The average Bonchev–Trinajstić information content (AvgIpc) is 3.24. The van der Waals surface area contributed by atoms with Crippen LogP contribution in [0.4, 0.5) is 5.69 Å². The van der Waals surface area contributed by atoms with Crippen LogP contribution in [0.25, 0.3) is 11.5 Å². The lowest BCUT2D eigenvalue weighted by molar-refractivity contribution is 0.414. The van der Waals surface area contributed by atoms with E-state index in [2.05, 4.69) is 58.5 Å². The first-order valence-corrected chi connectivity index (χ1v) is 10.7. The van der Waals surface area contributed by atoms with Crippen molar-refractivity contribution >= 4 is 60.8 Å². The van der Waals surface area contributed by atoms with Gasteiger partial charge in [-0.15, -0.1) is 11.8 Å². The van der Waals surface area contributed by atoms with Gasteiger partial charge in [0.25, 0.3) is 0 Å². The Morgan fingerprint density at radius 2 is 2.04 bits per heavy atom. The fourth-order valence-corrected chi connectivity index (χ4v) is 5.52. The van der Waals surface area contributed by atoms with Crippen LogP contribution in [-0.2, 0) is 6.42 Å². The van der Waals surface area contributed by atoms with E-state index in [0.717, 1.165) is 55.5 Å². The van der Waals surface area contributed by atoms with Gasteiger partial charge in [0.05, 0.1) is 35.8 Å². The molecule has 134 valence electrons. The van der Waals surface area contributed by atoms with Gasteiger partial charge < -0.3 is 9.64 Å². The molecule has 0 N–H and O–H groups in total. The van der Waals surface area contributed by atoms with E-state index in [1.54, 1.807) is 25.1 Å². The SMILES string of the molecule is CCc1nc2ncccn2c1C1=CSCN1c1c(Br)cc(OC)cc1Br. The van der Waals surface area contributed by atoms with Gasteiger partial charge in [0, 0.05) is 21.3 Å². The molecule has 0 bridgehead atoms. The summed E-state index contributed by atoms with van der Waals surface area (Å²) in [5.74, 6) is 2.36. The quantitative estimate of drug-likeness (QED) is 0.489. The second-order valence-electron chi connectivity index (χ2n) is 5.72. The number of halogens is 2. The van der Waals surface area contributed by atoms with E-state index in [4.69, 9.17) is 9.72 Å². The lowest BCUT2D eigenvalue weighted by Gasteiger charge is -2.25. The molecule has 8 heteroatoms. The maximum Gasteiger partial charge on any atom is 0.234 e.